The predicted octanol–water partition coefficient (Wildman–Crippen LogP) is 4.19. The maximum Gasteiger partial charge on any atom is 0.266 e. The third-order valence-corrected chi connectivity index (χ3v) is 5.57. The van der Waals surface area contributed by atoms with Crippen molar-refractivity contribution in [3.05, 3.63) is 54.3 Å². The van der Waals surface area contributed by atoms with Crippen molar-refractivity contribution in [2.24, 2.45) is 0 Å². The minimum atomic E-state index is -0.378. The van der Waals surface area contributed by atoms with Crippen molar-refractivity contribution in [1.82, 2.24) is 9.88 Å². The maximum atomic E-state index is 14.1. The van der Waals surface area contributed by atoms with Crippen LogP contribution in [0.15, 0.2) is 48.5 Å². The van der Waals surface area contributed by atoms with Gasteiger partial charge in [0, 0.05) is 13.1 Å². The van der Waals surface area contributed by atoms with E-state index in [2.05, 4.69) is 23.7 Å². The van der Waals surface area contributed by atoms with Crippen LogP contribution in [-0.2, 0) is 4.79 Å². The minimum absolute atomic E-state index is 0.0966. The van der Waals surface area contributed by atoms with Crippen LogP contribution in [0.2, 0.25) is 0 Å². The molecule has 0 N–H and O–H groups in total. The number of para-hydroxylation sites is 2. The summed E-state index contributed by atoms with van der Waals surface area (Å²) in [7, 11) is 0. The van der Waals surface area contributed by atoms with Gasteiger partial charge in [0.25, 0.3) is 5.91 Å². The van der Waals surface area contributed by atoms with E-state index in [1.54, 1.807) is 23.1 Å². The van der Waals surface area contributed by atoms with Crippen molar-refractivity contribution >= 4 is 32.6 Å². The molecule has 28 heavy (non-hydrogen) atoms. The van der Waals surface area contributed by atoms with Gasteiger partial charge < -0.3 is 9.64 Å². The molecule has 3 aromatic rings. The number of benzene rings is 2. The van der Waals surface area contributed by atoms with Gasteiger partial charge in [-0.25, -0.2) is 9.37 Å². The molecule has 0 aliphatic heterocycles. The molecule has 5 nitrogen and oxygen atoms in total. The van der Waals surface area contributed by atoms with Crippen LogP contribution in [0.25, 0.3) is 10.2 Å². The van der Waals surface area contributed by atoms with Crippen molar-refractivity contribution < 1.29 is 13.9 Å². The summed E-state index contributed by atoms with van der Waals surface area (Å²) in [5.74, 6) is 0.0574. The summed E-state index contributed by atoms with van der Waals surface area (Å²) in [6, 6.07) is 14.1. The van der Waals surface area contributed by atoms with E-state index in [1.165, 1.54) is 17.4 Å². The van der Waals surface area contributed by atoms with Crippen molar-refractivity contribution in [3.63, 3.8) is 0 Å². The zero-order chi connectivity index (χ0) is 19.9. The van der Waals surface area contributed by atoms with E-state index < -0.39 is 0 Å². The number of halogens is 1. The number of amides is 1. The number of anilines is 1. The van der Waals surface area contributed by atoms with E-state index in [0.29, 0.717) is 29.5 Å². The first kappa shape index (κ1) is 20.2. The van der Waals surface area contributed by atoms with Gasteiger partial charge in [0.1, 0.15) is 17.1 Å². The minimum Gasteiger partial charge on any atom is -0.484 e. The molecular formula is C21H24FN3O2S. The van der Waals surface area contributed by atoms with Gasteiger partial charge in [0.2, 0.25) is 0 Å². The van der Waals surface area contributed by atoms with E-state index in [0.717, 1.165) is 17.8 Å². The normalized spacial score (nSPS) is 11.1. The SMILES string of the molecule is CCN(CC)CCN(C(=O)COc1ccccc1)c1nc2c(F)cccc2s1. The summed E-state index contributed by atoms with van der Waals surface area (Å²) < 4.78 is 20.4. The Labute approximate surface area is 168 Å². The van der Waals surface area contributed by atoms with Gasteiger partial charge in [-0.2, -0.15) is 0 Å². The first-order valence-electron chi connectivity index (χ1n) is 9.38. The fraction of sp³-hybridized carbons (Fsp3) is 0.333. The molecule has 1 amide bonds. The van der Waals surface area contributed by atoms with E-state index in [-0.39, 0.29) is 18.3 Å². The molecule has 0 bridgehead atoms. The van der Waals surface area contributed by atoms with Gasteiger partial charge in [-0.15, -0.1) is 0 Å². The van der Waals surface area contributed by atoms with Crippen LogP contribution in [-0.4, -0.2) is 48.6 Å². The van der Waals surface area contributed by atoms with Crippen LogP contribution in [0.4, 0.5) is 9.52 Å². The standard InChI is InChI=1S/C21H24FN3O2S/c1-3-24(4-2)13-14-25(19(26)15-27-16-9-6-5-7-10-16)21-23-20-17(22)11-8-12-18(20)28-21/h5-12H,3-4,13-15H2,1-2H3. The average Bonchev–Trinajstić information content (AvgIpc) is 3.15. The van der Waals surface area contributed by atoms with Crippen LogP contribution in [0.5, 0.6) is 5.75 Å². The topological polar surface area (TPSA) is 45.7 Å². The monoisotopic (exact) mass is 401 g/mol. The van der Waals surface area contributed by atoms with E-state index in [1.807, 2.05) is 24.3 Å². The molecule has 0 aliphatic rings. The Bertz CT molecular complexity index is 912. The van der Waals surface area contributed by atoms with Gasteiger partial charge in [0.05, 0.1) is 4.70 Å². The first-order chi connectivity index (χ1) is 13.6. The quantitative estimate of drug-likeness (QED) is 0.539. The number of thiazole rings is 1. The Balaban J connectivity index is 1.80. The zero-order valence-corrected chi connectivity index (χ0v) is 16.9. The van der Waals surface area contributed by atoms with Gasteiger partial charge in [-0.1, -0.05) is 49.4 Å². The van der Waals surface area contributed by atoms with E-state index in [4.69, 9.17) is 4.74 Å². The summed E-state index contributed by atoms with van der Waals surface area (Å²) >= 11 is 1.32. The second kappa shape index (κ2) is 9.61. The predicted molar refractivity (Wildman–Crippen MR) is 112 cm³/mol. The lowest BCUT2D eigenvalue weighted by molar-refractivity contribution is -0.120. The second-order valence-corrected chi connectivity index (χ2v) is 7.27. The summed E-state index contributed by atoms with van der Waals surface area (Å²) in [6.07, 6.45) is 0. The molecule has 3 rings (SSSR count). The number of hydrogen-bond donors (Lipinski definition) is 0. The van der Waals surface area contributed by atoms with Crippen LogP contribution in [0.1, 0.15) is 13.8 Å². The fourth-order valence-electron chi connectivity index (χ4n) is 2.87. The zero-order valence-electron chi connectivity index (χ0n) is 16.1. The highest BCUT2D eigenvalue weighted by Crippen LogP contribution is 2.30. The number of aromatic nitrogens is 1. The van der Waals surface area contributed by atoms with E-state index >= 15 is 0 Å². The molecule has 0 radical (unpaired) electrons. The Morgan fingerprint density at radius 3 is 2.50 bits per heavy atom. The molecule has 0 unspecified atom stereocenters. The van der Waals surface area contributed by atoms with E-state index in [9.17, 15) is 9.18 Å². The Morgan fingerprint density at radius 2 is 1.82 bits per heavy atom. The first-order valence-corrected chi connectivity index (χ1v) is 10.2. The number of hydrogen-bond acceptors (Lipinski definition) is 5. The van der Waals surface area contributed by atoms with Gasteiger partial charge >= 0.3 is 0 Å². The lowest BCUT2D eigenvalue weighted by Gasteiger charge is -2.24. The molecule has 148 valence electrons. The Morgan fingerprint density at radius 1 is 1.07 bits per heavy atom. The molecule has 0 saturated carbocycles. The van der Waals surface area contributed by atoms with Crippen molar-refractivity contribution in [2.75, 3.05) is 37.7 Å². The summed E-state index contributed by atoms with van der Waals surface area (Å²) in [5.41, 5.74) is 0.298. The average molecular weight is 402 g/mol. The second-order valence-electron chi connectivity index (χ2n) is 6.26. The molecular weight excluding hydrogens is 377 g/mol. The third-order valence-electron chi connectivity index (χ3n) is 4.53. The van der Waals surface area contributed by atoms with Crippen molar-refractivity contribution in [3.8, 4) is 5.75 Å². The number of carbonyl (C=O) groups excluding carboxylic acids is 1. The summed E-state index contributed by atoms with van der Waals surface area (Å²) in [6.45, 7) is 7.05. The molecule has 2 aromatic carbocycles. The molecule has 1 aromatic heterocycles. The molecule has 0 aliphatic carbocycles. The lowest BCUT2D eigenvalue weighted by Crippen LogP contribution is -2.41. The Hall–Kier alpha value is -2.51. The smallest absolute Gasteiger partial charge is 0.266 e. The maximum absolute atomic E-state index is 14.1. The van der Waals surface area contributed by atoms with Crippen LogP contribution >= 0.6 is 11.3 Å². The largest absolute Gasteiger partial charge is 0.484 e. The van der Waals surface area contributed by atoms with Crippen LogP contribution in [0, 0.1) is 5.82 Å². The number of rotatable bonds is 9. The lowest BCUT2D eigenvalue weighted by atomic mass is 10.3. The molecule has 7 heteroatoms. The number of fused-ring (bicyclic) bond motifs is 1. The molecule has 0 spiro atoms. The summed E-state index contributed by atoms with van der Waals surface area (Å²) in [4.78, 5) is 21.1. The van der Waals surface area contributed by atoms with Gasteiger partial charge in [-0.3, -0.25) is 9.69 Å². The van der Waals surface area contributed by atoms with Crippen molar-refractivity contribution in [1.29, 1.82) is 0 Å². The number of ether oxygens (including phenoxy) is 1. The number of carbonyl (C=O) groups is 1. The fourth-order valence-corrected chi connectivity index (χ4v) is 3.89. The third kappa shape index (κ3) is 4.85. The van der Waals surface area contributed by atoms with Crippen molar-refractivity contribution in [2.45, 2.75) is 13.8 Å². The highest BCUT2D eigenvalue weighted by molar-refractivity contribution is 7.22. The highest BCUT2D eigenvalue weighted by atomic mass is 32.1. The molecule has 0 saturated heterocycles. The molecule has 0 atom stereocenters. The molecule has 0 fully saturated rings. The number of likely N-dealkylation sites (N-methyl/N-ethyl adjacent to an activating group) is 1. The Kier molecular flexibility index (Phi) is 6.95. The molecule has 1 heterocycles. The van der Waals surface area contributed by atoms with Crippen LogP contribution in [0.3, 0.4) is 0 Å². The number of nitrogens with zero attached hydrogens (tertiary/aromatic N) is 3. The summed E-state index contributed by atoms with van der Waals surface area (Å²) in [5, 5.41) is 0.494. The highest BCUT2D eigenvalue weighted by Gasteiger charge is 2.21. The van der Waals surface area contributed by atoms with Gasteiger partial charge in [-0.05, 0) is 37.4 Å². The van der Waals surface area contributed by atoms with Gasteiger partial charge in [0.15, 0.2) is 11.7 Å². The van der Waals surface area contributed by atoms with Crippen LogP contribution < -0.4 is 9.64 Å².